The summed E-state index contributed by atoms with van der Waals surface area (Å²) in [4.78, 5) is 11.6. The van der Waals surface area contributed by atoms with E-state index in [1.54, 1.807) is 13.2 Å². The molecule has 0 aliphatic heterocycles. The number of carbonyl (C=O) groups excluding carboxylic acids is 1. The van der Waals surface area contributed by atoms with Gasteiger partial charge in [0.05, 0.1) is 11.1 Å². The van der Waals surface area contributed by atoms with Crippen LogP contribution in [0.5, 0.6) is 0 Å². The summed E-state index contributed by atoms with van der Waals surface area (Å²) in [6.45, 7) is 1.97. The molecular formula is C12H15Cl2FN2O2S. The molecule has 2 amide bonds. The Morgan fingerprint density at radius 1 is 1.40 bits per heavy atom. The monoisotopic (exact) mass is 340 g/mol. The van der Waals surface area contributed by atoms with Crippen LogP contribution in [0.25, 0.3) is 0 Å². The van der Waals surface area contributed by atoms with Gasteiger partial charge in [0.25, 0.3) is 0 Å². The smallest absolute Gasteiger partial charge is 0.315 e. The highest BCUT2D eigenvalue weighted by atomic mass is 35.5. The summed E-state index contributed by atoms with van der Waals surface area (Å²) in [5, 5.41) is 5.38. The molecule has 20 heavy (non-hydrogen) atoms. The first kappa shape index (κ1) is 17.2. The van der Waals surface area contributed by atoms with Gasteiger partial charge < -0.3 is 10.6 Å². The van der Waals surface area contributed by atoms with Gasteiger partial charge in [-0.15, -0.1) is 0 Å². The highest BCUT2D eigenvalue weighted by molar-refractivity contribution is 7.84. The number of carbonyl (C=O) groups is 1. The fraction of sp³-hybridized carbons (Fsp3) is 0.417. The molecule has 0 saturated heterocycles. The molecule has 2 atom stereocenters. The number of benzene rings is 1. The maximum Gasteiger partial charge on any atom is 0.315 e. The molecule has 4 nitrogen and oxygen atoms in total. The van der Waals surface area contributed by atoms with E-state index in [1.807, 2.05) is 0 Å². The molecule has 0 bridgehead atoms. The van der Waals surface area contributed by atoms with Crippen molar-refractivity contribution in [3.05, 3.63) is 33.6 Å². The fourth-order valence-corrected chi connectivity index (χ4v) is 2.44. The van der Waals surface area contributed by atoms with Crippen LogP contribution >= 0.6 is 23.2 Å². The Morgan fingerprint density at radius 3 is 2.65 bits per heavy atom. The molecule has 0 aliphatic carbocycles. The molecule has 0 aliphatic rings. The Morgan fingerprint density at radius 2 is 2.05 bits per heavy atom. The summed E-state index contributed by atoms with van der Waals surface area (Å²) in [5.41, 5.74) is 0.433. The minimum absolute atomic E-state index is 0.0687. The molecule has 1 aromatic carbocycles. The van der Waals surface area contributed by atoms with Gasteiger partial charge in [-0.05, 0) is 24.6 Å². The van der Waals surface area contributed by atoms with Crippen LogP contribution in [0.3, 0.4) is 0 Å². The lowest BCUT2D eigenvalue weighted by atomic mass is 10.1. The number of nitrogens with one attached hydrogen (secondary N) is 2. The molecule has 0 aromatic heterocycles. The van der Waals surface area contributed by atoms with Crippen molar-refractivity contribution >= 4 is 40.0 Å². The van der Waals surface area contributed by atoms with E-state index in [0.29, 0.717) is 17.9 Å². The molecule has 0 saturated carbocycles. The maximum atomic E-state index is 13.4. The highest BCUT2D eigenvalue weighted by Crippen LogP contribution is 2.28. The van der Waals surface area contributed by atoms with Crippen LogP contribution < -0.4 is 10.6 Å². The Labute approximate surface area is 129 Å². The van der Waals surface area contributed by atoms with Gasteiger partial charge in [0, 0.05) is 34.4 Å². The second-order valence-corrected chi connectivity index (χ2v) is 6.56. The lowest BCUT2D eigenvalue weighted by Gasteiger charge is -2.16. The number of hydrogen-bond acceptors (Lipinski definition) is 2. The van der Waals surface area contributed by atoms with Crippen molar-refractivity contribution in [2.45, 2.75) is 13.0 Å². The summed E-state index contributed by atoms with van der Waals surface area (Å²) in [5.74, 6) is -0.223. The summed E-state index contributed by atoms with van der Waals surface area (Å²) < 4.78 is 24.2. The van der Waals surface area contributed by atoms with Crippen molar-refractivity contribution in [3.63, 3.8) is 0 Å². The van der Waals surface area contributed by atoms with Crippen LogP contribution in [0, 0.1) is 5.82 Å². The van der Waals surface area contributed by atoms with Gasteiger partial charge in [-0.1, -0.05) is 23.2 Å². The first-order chi connectivity index (χ1) is 9.31. The third kappa shape index (κ3) is 5.26. The zero-order chi connectivity index (χ0) is 15.3. The second kappa shape index (κ2) is 7.81. The molecular weight excluding hydrogens is 326 g/mol. The van der Waals surface area contributed by atoms with E-state index in [2.05, 4.69) is 10.6 Å². The number of hydrogen-bond donors (Lipinski definition) is 2. The third-order valence-corrected chi connectivity index (χ3v) is 3.92. The summed E-state index contributed by atoms with van der Waals surface area (Å²) in [6, 6.07) is 1.57. The van der Waals surface area contributed by atoms with E-state index < -0.39 is 28.7 Å². The molecule has 1 aromatic rings. The van der Waals surface area contributed by atoms with Gasteiger partial charge in [0.1, 0.15) is 5.82 Å². The quantitative estimate of drug-likeness (QED) is 0.809. The van der Waals surface area contributed by atoms with Gasteiger partial charge in [-0.2, -0.15) is 0 Å². The summed E-state index contributed by atoms with van der Waals surface area (Å²) >= 11 is 11.6. The molecule has 0 unspecified atom stereocenters. The molecule has 112 valence electrons. The van der Waals surface area contributed by atoms with Crippen LogP contribution in [-0.2, 0) is 10.8 Å². The van der Waals surface area contributed by atoms with Crippen molar-refractivity contribution < 1.29 is 13.4 Å². The molecule has 0 heterocycles. The van der Waals surface area contributed by atoms with E-state index in [9.17, 15) is 13.4 Å². The highest BCUT2D eigenvalue weighted by Gasteiger charge is 2.15. The first-order valence-corrected chi connectivity index (χ1v) is 8.28. The predicted molar refractivity (Wildman–Crippen MR) is 80.3 cm³/mol. The van der Waals surface area contributed by atoms with E-state index >= 15 is 0 Å². The number of halogens is 3. The second-order valence-electron chi connectivity index (χ2n) is 4.19. The van der Waals surface area contributed by atoms with Crippen molar-refractivity contribution in [1.29, 1.82) is 0 Å². The molecule has 2 N–H and O–H groups in total. The van der Waals surface area contributed by atoms with Gasteiger partial charge in [0.2, 0.25) is 0 Å². The topological polar surface area (TPSA) is 58.2 Å². The Kier molecular flexibility index (Phi) is 6.71. The Hall–Kier alpha value is -0.850. The van der Waals surface area contributed by atoms with Gasteiger partial charge in [0.15, 0.2) is 0 Å². The lowest BCUT2D eigenvalue weighted by Crippen LogP contribution is -2.38. The molecule has 0 fully saturated rings. The van der Waals surface area contributed by atoms with E-state index in [4.69, 9.17) is 23.2 Å². The SMILES string of the molecule is C[C@H](NC(=O)NCC[S@](C)=O)c1cc(F)c(Cl)cc1Cl. The van der Waals surface area contributed by atoms with Crippen LogP contribution in [-0.4, -0.2) is 28.8 Å². The van der Waals surface area contributed by atoms with Crippen molar-refractivity contribution in [2.75, 3.05) is 18.6 Å². The van der Waals surface area contributed by atoms with Crippen molar-refractivity contribution in [2.24, 2.45) is 0 Å². The van der Waals surface area contributed by atoms with Crippen LogP contribution in [0.2, 0.25) is 10.0 Å². The summed E-state index contributed by atoms with van der Waals surface area (Å²) in [6.07, 6.45) is 1.55. The number of rotatable bonds is 5. The minimum Gasteiger partial charge on any atom is -0.337 e. The molecule has 8 heteroatoms. The maximum absolute atomic E-state index is 13.4. The van der Waals surface area contributed by atoms with E-state index in [-0.39, 0.29) is 10.0 Å². The molecule has 0 radical (unpaired) electrons. The van der Waals surface area contributed by atoms with Crippen molar-refractivity contribution in [1.82, 2.24) is 10.6 Å². The van der Waals surface area contributed by atoms with Crippen LogP contribution in [0.15, 0.2) is 12.1 Å². The molecule has 1 rings (SSSR count). The lowest BCUT2D eigenvalue weighted by molar-refractivity contribution is 0.238. The Bertz CT molecular complexity index is 528. The zero-order valence-corrected chi connectivity index (χ0v) is 13.3. The number of amides is 2. The normalized spacial score (nSPS) is 13.7. The van der Waals surface area contributed by atoms with Gasteiger partial charge in [-0.3, -0.25) is 4.21 Å². The fourth-order valence-electron chi connectivity index (χ4n) is 1.50. The van der Waals surface area contributed by atoms with Crippen molar-refractivity contribution in [3.8, 4) is 0 Å². The predicted octanol–water partition coefficient (Wildman–Crippen LogP) is 2.87. The minimum atomic E-state index is -0.968. The van der Waals surface area contributed by atoms with Crippen LogP contribution in [0.1, 0.15) is 18.5 Å². The third-order valence-electron chi connectivity index (χ3n) is 2.53. The molecule has 0 spiro atoms. The summed E-state index contributed by atoms with van der Waals surface area (Å²) in [7, 11) is -0.968. The zero-order valence-electron chi connectivity index (χ0n) is 11.0. The number of urea groups is 1. The van der Waals surface area contributed by atoms with Crippen LogP contribution in [0.4, 0.5) is 9.18 Å². The van der Waals surface area contributed by atoms with Gasteiger partial charge >= 0.3 is 6.03 Å². The standard InChI is InChI=1S/C12H15Cl2FN2O2S/c1-7(17-12(18)16-3-4-20(2)19)8-5-11(15)10(14)6-9(8)13/h5-7H,3-4H2,1-2H3,(H2,16,17,18)/t7-,20-/m0/s1. The van der Waals surface area contributed by atoms with E-state index in [0.717, 1.165) is 0 Å². The largest absolute Gasteiger partial charge is 0.337 e. The first-order valence-electron chi connectivity index (χ1n) is 5.80. The average Bonchev–Trinajstić information content (AvgIpc) is 2.33. The van der Waals surface area contributed by atoms with Gasteiger partial charge in [-0.25, -0.2) is 9.18 Å². The Balaban J connectivity index is 2.62. The average molecular weight is 341 g/mol. The van der Waals surface area contributed by atoms with E-state index in [1.165, 1.54) is 12.1 Å².